The predicted octanol–water partition coefficient (Wildman–Crippen LogP) is 3.32. The van der Waals surface area contributed by atoms with Gasteiger partial charge in [-0.05, 0) is 67.4 Å². The first kappa shape index (κ1) is 11.0. The molecule has 3 aliphatic rings. The summed E-state index contributed by atoms with van der Waals surface area (Å²) in [5, 5.41) is 3.89. The van der Waals surface area contributed by atoms with E-state index in [0.717, 1.165) is 17.4 Å². The molecule has 0 saturated heterocycles. The van der Waals surface area contributed by atoms with E-state index in [1.165, 1.54) is 51.5 Å². The molecule has 1 aromatic rings. The van der Waals surface area contributed by atoms with Gasteiger partial charge in [0.15, 0.2) is 0 Å². The Morgan fingerprint density at radius 1 is 1.06 bits per heavy atom. The summed E-state index contributed by atoms with van der Waals surface area (Å²) in [6, 6.07) is 9.72. The van der Waals surface area contributed by atoms with E-state index in [1.807, 2.05) is 0 Å². The van der Waals surface area contributed by atoms with Crippen LogP contribution in [0, 0.1) is 11.3 Å². The average Bonchev–Trinajstić information content (AvgIpc) is 3.28. The zero-order valence-electron chi connectivity index (χ0n) is 11.1. The summed E-state index contributed by atoms with van der Waals surface area (Å²) in [5.41, 5.74) is 3.91. The molecule has 0 bridgehead atoms. The van der Waals surface area contributed by atoms with Crippen LogP contribution in [0.15, 0.2) is 24.3 Å². The second-order valence-corrected chi connectivity index (χ2v) is 6.73. The molecule has 18 heavy (non-hydrogen) atoms. The minimum Gasteiger partial charge on any atom is -0.313 e. The molecule has 1 aromatic carbocycles. The van der Waals surface area contributed by atoms with Crippen LogP contribution in [-0.4, -0.2) is 12.6 Å². The Bertz CT molecular complexity index is 443. The zero-order valence-corrected chi connectivity index (χ0v) is 11.1. The maximum absolute atomic E-state index is 3.89. The van der Waals surface area contributed by atoms with Gasteiger partial charge in [0.05, 0.1) is 0 Å². The molecule has 0 heterocycles. The van der Waals surface area contributed by atoms with E-state index in [-0.39, 0.29) is 0 Å². The zero-order chi connectivity index (χ0) is 12.0. The molecule has 0 amide bonds. The lowest BCUT2D eigenvalue weighted by atomic mass is 9.88. The highest BCUT2D eigenvalue weighted by atomic mass is 14.9. The van der Waals surface area contributed by atoms with Gasteiger partial charge < -0.3 is 5.32 Å². The maximum atomic E-state index is 3.89. The monoisotopic (exact) mass is 241 g/mol. The molecular weight excluding hydrogens is 218 g/mol. The highest BCUT2D eigenvalue weighted by molar-refractivity contribution is 5.30. The Hall–Kier alpha value is -0.820. The molecule has 4 rings (SSSR count). The smallest absolute Gasteiger partial charge is 0.0111 e. The first-order chi connectivity index (χ1) is 8.86. The van der Waals surface area contributed by atoms with Crippen LogP contribution in [0.4, 0.5) is 0 Å². The highest BCUT2D eigenvalue weighted by Crippen LogP contribution is 2.60. The Morgan fingerprint density at radius 2 is 1.83 bits per heavy atom. The van der Waals surface area contributed by atoms with Gasteiger partial charge in [-0.25, -0.2) is 0 Å². The number of nitrogens with one attached hydrogen (secondary N) is 1. The Morgan fingerprint density at radius 3 is 2.56 bits per heavy atom. The largest absolute Gasteiger partial charge is 0.313 e. The van der Waals surface area contributed by atoms with Crippen LogP contribution in [0.2, 0.25) is 0 Å². The van der Waals surface area contributed by atoms with Crippen molar-refractivity contribution in [2.75, 3.05) is 6.54 Å². The molecule has 1 heteroatoms. The minimum atomic E-state index is 0.733. The first-order valence-electron chi connectivity index (χ1n) is 7.66. The quantitative estimate of drug-likeness (QED) is 0.852. The van der Waals surface area contributed by atoms with Crippen LogP contribution in [0.5, 0.6) is 0 Å². The van der Waals surface area contributed by atoms with Crippen molar-refractivity contribution in [3.8, 4) is 0 Å². The summed E-state index contributed by atoms with van der Waals surface area (Å²) in [5.74, 6) is 1.08. The molecule has 96 valence electrons. The summed E-state index contributed by atoms with van der Waals surface area (Å²) in [4.78, 5) is 0. The average molecular weight is 241 g/mol. The molecule has 1 nitrogen and oxygen atoms in total. The molecule has 0 spiro atoms. The first-order valence-corrected chi connectivity index (χ1v) is 7.66. The van der Waals surface area contributed by atoms with E-state index >= 15 is 0 Å². The van der Waals surface area contributed by atoms with Crippen LogP contribution >= 0.6 is 0 Å². The van der Waals surface area contributed by atoms with Crippen molar-refractivity contribution >= 4 is 0 Å². The Kier molecular flexibility index (Phi) is 2.51. The van der Waals surface area contributed by atoms with Crippen LogP contribution in [0.3, 0.4) is 0 Å². The van der Waals surface area contributed by atoms with Crippen molar-refractivity contribution in [3.63, 3.8) is 0 Å². The van der Waals surface area contributed by atoms with Crippen molar-refractivity contribution in [2.24, 2.45) is 11.3 Å². The van der Waals surface area contributed by atoms with Crippen molar-refractivity contribution in [2.45, 2.75) is 51.0 Å². The highest BCUT2D eigenvalue weighted by Gasteiger charge is 2.53. The molecule has 2 saturated carbocycles. The lowest BCUT2D eigenvalue weighted by Crippen LogP contribution is -2.38. The van der Waals surface area contributed by atoms with Gasteiger partial charge in [0.2, 0.25) is 0 Å². The lowest BCUT2D eigenvalue weighted by Gasteiger charge is -2.27. The fraction of sp³-hybridized carbons (Fsp3) is 0.647. The number of hydrogen-bond acceptors (Lipinski definition) is 1. The predicted molar refractivity (Wildman–Crippen MR) is 74.6 cm³/mol. The summed E-state index contributed by atoms with van der Waals surface area (Å²) in [6.45, 7) is 1.30. The van der Waals surface area contributed by atoms with Crippen molar-refractivity contribution < 1.29 is 0 Å². The van der Waals surface area contributed by atoms with E-state index in [9.17, 15) is 0 Å². The number of benzene rings is 1. The molecule has 1 unspecified atom stereocenters. The third-order valence-electron chi connectivity index (χ3n) is 5.43. The normalized spacial score (nSPS) is 28.8. The Balaban J connectivity index is 1.37. The number of rotatable bonds is 4. The summed E-state index contributed by atoms with van der Waals surface area (Å²) >= 11 is 0. The van der Waals surface area contributed by atoms with Gasteiger partial charge in [-0.3, -0.25) is 0 Å². The van der Waals surface area contributed by atoms with E-state index in [2.05, 4.69) is 29.6 Å². The second kappa shape index (κ2) is 4.09. The lowest BCUT2D eigenvalue weighted by molar-refractivity contribution is 0.355. The van der Waals surface area contributed by atoms with E-state index in [0.29, 0.717) is 0 Å². The van der Waals surface area contributed by atoms with E-state index < -0.39 is 0 Å². The summed E-state index contributed by atoms with van der Waals surface area (Å²) in [6.07, 6.45) is 9.85. The summed E-state index contributed by atoms with van der Waals surface area (Å²) in [7, 11) is 0. The molecule has 0 aliphatic heterocycles. The van der Waals surface area contributed by atoms with Gasteiger partial charge in [-0.15, -0.1) is 0 Å². The number of hydrogen-bond donors (Lipinski definition) is 1. The van der Waals surface area contributed by atoms with E-state index in [4.69, 9.17) is 0 Å². The van der Waals surface area contributed by atoms with Gasteiger partial charge in [-0.2, -0.15) is 0 Å². The molecule has 3 aliphatic carbocycles. The molecule has 2 fully saturated rings. The molecular formula is C17H23N. The minimum absolute atomic E-state index is 0.733. The molecule has 0 aromatic heterocycles. The van der Waals surface area contributed by atoms with Crippen molar-refractivity contribution in [3.05, 3.63) is 35.4 Å². The third kappa shape index (κ3) is 1.99. The molecule has 1 N–H and O–H groups in total. The molecule has 1 atom stereocenters. The molecule has 0 radical (unpaired) electrons. The van der Waals surface area contributed by atoms with Gasteiger partial charge >= 0.3 is 0 Å². The fourth-order valence-corrected chi connectivity index (χ4v) is 3.81. The van der Waals surface area contributed by atoms with Gasteiger partial charge in [0.1, 0.15) is 0 Å². The van der Waals surface area contributed by atoms with Gasteiger partial charge in [0, 0.05) is 12.6 Å². The van der Waals surface area contributed by atoms with Gasteiger partial charge in [0.25, 0.3) is 0 Å². The standard InChI is InChI=1S/C17H23N/c1-2-4-14-11-16(8-5-13(14)3-1)18-12-17(9-10-17)15-6-7-15/h1-4,15-16,18H,5-12H2. The maximum Gasteiger partial charge on any atom is 0.0111 e. The van der Waals surface area contributed by atoms with Gasteiger partial charge in [-0.1, -0.05) is 24.3 Å². The van der Waals surface area contributed by atoms with Crippen LogP contribution < -0.4 is 5.32 Å². The van der Waals surface area contributed by atoms with Crippen LogP contribution in [-0.2, 0) is 12.8 Å². The second-order valence-electron chi connectivity index (χ2n) is 6.73. The van der Waals surface area contributed by atoms with Crippen molar-refractivity contribution in [1.82, 2.24) is 5.32 Å². The van der Waals surface area contributed by atoms with Crippen LogP contribution in [0.1, 0.15) is 43.2 Å². The van der Waals surface area contributed by atoms with E-state index in [1.54, 1.807) is 11.1 Å². The third-order valence-corrected chi connectivity index (χ3v) is 5.43. The Labute approximate surface area is 110 Å². The fourth-order valence-electron chi connectivity index (χ4n) is 3.81. The van der Waals surface area contributed by atoms with Crippen LogP contribution in [0.25, 0.3) is 0 Å². The number of aryl methyl sites for hydroxylation is 1. The SMILES string of the molecule is c1ccc2c(c1)CCC(NCC1(C3CC3)CC1)C2. The summed E-state index contributed by atoms with van der Waals surface area (Å²) < 4.78 is 0. The number of fused-ring (bicyclic) bond motifs is 1. The van der Waals surface area contributed by atoms with Crippen molar-refractivity contribution in [1.29, 1.82) is 0 Å². The topological polar surface area (TPSA) is 12.0 Å².